The Bertz CT molecular complexity index is 1220. The van der Waals surface area contributed by atoms with E-state index in [9.17, 15) is 4.79 Å². The van der Waals surface area contributed by atoms with Crippen LogP contribution in [0.1, 0.15) is 23.0 Å². The number of halogens is 3. The Morgan fingerprint density at radius 1 is 1.07 bits per heavy atom. The van der Waals surface area contributed by atoms with Gasteiger partial charge in [0.05, 0.1) is 41.5 Å². The fourth-order valence-corrected chi connectivity index (χ4v) is 4.59. The highest BCUT2D eigenvalue weighted by Gasteiger charge is 2.17. The summed E-state index contributed by atoms with van der Waals surface area (Å²) in [4.78, 5) is 19.0. The number of imidazole rings is 1. The molecule has 8 heteroatoms. The molecule has 0 aliphatic rings. The first-order chi connectivity index (χ1) is 14.0. The molecule has 0 atom stereocenters. The predicted molar refractivity (Wildman–Crippen MR) is 123 cm³/mol. The zero-order chi connectivity index (χ0) is 20.5. The Morgan fingerprint density at radius 2 is 1.83 bits per heavy atom. The molecule has 0 aliphatic heterocycles. The van der Waals surface area contributed by atoms with Crippen molar-refractivity contribution in [3.63, 3.8) is 0 Å². The number of carbonyl (C=O) groups is 1. The number of anilines is 1. The quantitative estimate of drug-likeness (QED) is 0.313. The average molecular weight is 465 g/mol. The second-order valence-electron chi connectivity index (χ2n) is 6.44. The molecule has 4 nitrogen and oxygen atoms in total. The van der Waals surface area contributed by atoms with Gasteiger partial charge >= 0.3 is 0 Å². The Hall–Kier alpha value is -2.05. The van der Waals surface area contributed by atoms with Crippen molar-refractivity contribution in [2.75, 3.05) is 5.32 Å². The number of thiophene rings is 1. The Balaban J connectivity index is 1.65. The summed E-state index contributed by atoms with van der Waals surface area (Å²) in [7, 11) is 0. The molecule has 4 rings (SSSR count). The smallest absolute Gasteiger partial charge is 0.265 e. The molecule has 0 spiro atoms. The minimum Gasteiger partial charge on any atom is -0.323 e. The van der Waals surface area contributed by atoms with Crippen molar-refractivity contribution in [3.8, 4) is 10.7 Å². The minimum atomic E-state index is -0.264. The molecular weight excluding hydrogens is 449 g/mol. The summed E-state index contributed by atoms with van der Waals surface area (Å²) >= 11 is 19.5. The monoisotopic (exact) mass is 463 g/mol. The van der Waals surface area contributed by atoms with E-state index in [4.69, 9.17) is 39.8 Å². The van der Waals surface area contributed by atoms with E-state index in [1.165, 1.54) is 17.4 Å². The lowest BCUT2D eigenvalue weighted by Gasteiger charge is -2.08. The van der Waals surface area contributed by atoms with Gasteiger partial charge in [-0.2, -0.15) is 0 Å². The van der Waals surface area contributed by atoms with Crippen molar-refractivity contribution in [3.05, 3.63) is 68.5 Å². The van der Waals surface area contributed by atoms with Crippen molar-refractivity contribution in [1.29, 1.82) is 0 Å². The van der Waals surface area contributed by atoms with Gasteiger partial charge in [0, 0.05) is 6.54 Å². The van der Waals surface area contributed by atoms with Gasteiger partial charge in [0.25, 0.3) is 5.91 Å². The molecule has 0 bridgehead atoms. The number of hydrogen-bond donors (Lipinski definition) is 1. The highest BCUT2D eigenvalue weighted by atomic mass is 35.5. The lowest BCUT2D eigenvalue weighted by molar-refractivity contribution is 0.103. The van der Waals surface area contributed by atoms with Gasteiger partial charge in [0.15, 0.2) is 5.82 Å². The summed E-state index contributed by atoms with van der Waals surface area (Å²) in [5.41, 5.74) is 2.45. The van der Waals surface area contributed by atoms with E-state index in [0.29, 0.717) is 25.6 Å². The molecule has 148 valence electrons. The van der Waals surface area contributed by atoms with E-state index >= 15 is 0 Å². The van der Waals surface area contributed by atoms with Crippen molar-refractivity contribution in [2.24, 2.45) is 0 Å². The number of nitrogens with one attached hydrogen (secondary N) is 1. The molecule has 0 unspecified atom stereocenters. The Morgan fingerprint density at radius 3 is 2.62 bits per heavy atom. The standard InChI is InChI=1S/C21H16Cl3N3OS/c1-2-9-27-17-6-4-3-5-15(17)25-20(27)18-7-8-19(29-18)21(28)26-16-11-13(23)12(22)10-14(16)24/h3-8,10-11H,2,9H2,1H3,(H,26,28). The van der Waals surface area contributed by atoms with Gasteiger partial charge in [-0.1, -0.05) is 53.9 Å². The fraction of sp³-hybridized carbons (Fsp3) is 0.143. The molecule has 2 heterocycles. The number of benzene rings is 2. The third-order valence-corrected chi connectivity index (χ3v) is 6.52. The zero-order valence-electron chi connectivity index (χ0n) is 15.4. The number of amides is 1. The van der Waals surface area contributed by atoms with Crippen LogP contribution in [0, 0.1) is 0 Å². The number of aromatic nitrogens is 2. The topological polar surface area (TPSA) is 46.9 Å². The molecule has 29 heavy (non-hydrogen) atoms. The summed E-state index contributed by atoms with van der Waals surface area (Å²) < 4.78 is 2.19. The van der Waals surface area contributed by atoms with Crippen LogP contribution in [0.3, 0.4) is 0 Å². The molecule has 0 saturated carbocycles. The summed E-state index contributed by atoms with van der Waals surface area (Å²) in [6.07, 6.45) is 0.988. The molecule has 4 aromatic rings. The van der Waals surface area contributed by atoms with E-state index in [2.05, 4.69) is 22.9 Å². The van der Waals surface area contributed by atoms with Gasteiger partial charge in [-0.15, -0.1) is 11.3 Å². The third-order valence-electron chi connectivity index (χ3n) is 4.41. The lowest BCUT2D eigenvalue weighted by Crippen LogP contribution is -2.10. The van der Waals surface area contributed by atoms with Gasteiger partial charge in [0.2, 0.25) is 0 Å². The second-order valence-corrected chi connectivity index (χ2v) is 8.75. The SMILES string of the molecule is CCCn1c(-c2ccc(C(=O)Nc3cc(Cl)c(Cl)cc3Cl)s2)nc2ccccc21. The maximum Gasteiger partial charge on any atom is 0.265 e. The number of carbonyl (C=O) groups excluding carboxylic acids is 1. The molecule has 0 aliphatic carbocycles. The van der Waals surface area contributed by atoms with Crippen LogP contribution in [0.25, 0.3) is 21.7 Å². The van der Waals surface area contributed by atoms with Crippen molar-refractivity contribution >= 4 is 68.8 Å². The molecule has 0 radical (unpaired) electrons. The van der Waals surface area contributed by atoms with Crippen LogP contribution in [0.5, 0.6) is 0 Å². The van der Waals surface area contributed by atoms with Gasteiger partial charge < -0.3 is 9.88 Å². The molecule has 2 aromatic heterocycles. The number of hydrogen-bond acceptors (Lipinski definition) is 3. The van der Waals surface area contributed by atoms with E-state index in [0.717, 1.165) is 34.7 Å². The van der Waals surface area contributed by atoms with Gasteiger partial charge in [-0.25, -0.2) is 4.98 Å². The lowest BCUT2D eigenvalue weighted by atomic mass is 10.3. The van der Waals surface area contributed by atoms with Crippen LogP contribution in [-0.2, 0) is 6.54 Å². The first-order valence-corrected chi connectivity index (χ1v) is 10.9. The second kappa shape index (κ2) is 8.36. The average Bonchev–Trinajstić information content (AvgIpc) is 3.32. The van der Waals surface area contributed by atoms with Crippen LogP contribution in [-0.4, -0.2) is 15.5 Å². The van der Waals surface area contributed by atoms with Gasteiger partial charge in [0.1, 0.15) is 0 Å². The van der Waals surface area contributed by atoms with Crippen LogP contribution >= 0.6 is 46.1 Å². The molecule has 0 saturated heterocycles. The Kier molecular flexibility index (Phi) is 5.83. The van der Waals surface area contributed by atoms with Crippen molar-refractivity contribution in [2.45, 2.75) is 19.9 Å². The molecule has 1 N–H and O–H groups in total. The number of nitrogens with zero attached hydrogens (tertiary/aromatic N) is 2. The van der Waals surface area contributed by atoms with E-state index in [-0.39, 0.29) is 5.91 Å². The zero-order valence-corrected chi connectivity index (χ0v) is 18.5. The van der Waals surface area contributed by atoms with Crippen LogP contribution in [0.2, 0.25) is 15.1 Å². The van der Waals surface area contributed by atoms with Crippen LogP contribution < -0.4 is 5.32 Å². The molecule has 2 aromatic carbocycles. The maximum atomic E-state index is 12.7. The van der Waals surface area contributed by atoms with Crippen molar-refractivity contribution < 1.29 is 4.79 Å². The van der Waals surface area contributed by atoms with Gasteiger partial charge in [-0.3, -0.25) is 4.79 Å². The summed E-state index contributed by atoms with van der Waals surface area (Å²) in [5.74, 6) is 0.601. The molecule has 0 fully saturated rings. The number of rotatable bonds is 5. The van der Waals surface area contributed by atoms with Gasteiger partial charge in [-0.05, 0) is 42.8 Å². The largest absolute Gasteiger partial charge is 0.323 e. The highest BCUT2D eigenvalue weighted by molar-refractivity contribution is 7.17. The summed E-state index contributed by atoms with van der Waals surface area (Å²) in [6, 6.07) is 14.8. The summed E-state index contributed by atoms with van der Waals surface area (Å²) in [5, 5.41) is 3.78. The highest BCUT2D eigenvalue weighted by Crippen LogP contribution is 2.34. The number of fused-ring (bicyclic) bond motifs is 1. The number of para-hydroxylation sites is 2. The van der Waals surface area contributed by atoms with Crippen LogP contribution in [0.4, 0.5) is 5.69 Å². The molecular formula is C21H16Cl3N3OS. The first-order valence-electron chi connectivity index (χ1n) is 8.99. The summed E-state index contributed by atoms with van der Waals surface area (Å²) in [6.45, 7) is 2.99. The van der Waals surface area contributed by atoms with E-state index in [1.54, 1.807) is 12.1 Å². The number of aryl methyl sites for hydroxylation is 1. The van der Waals surface area contributed by atoms with E-state index < -0.39 is 0 Å². The predicted octanol–water partition coefficient (Wildman–Crippen LogP) is 7.39. The Labute approximate surface area is 187 Å². The van der Waals surface area contributed by atoms with E-state index in [1.807, 2.05) is 24.3 Å². The normalized spacial score (nSPS) is 11.2. The van der Waals surface area contributed by atoms with Crippen LogP contribution in [0.15, 0.2) is 48.5 Å². The first kappa shape index (κ1) is 20.2. The molecule has 1 amide bonds. The maximum absolute atomic E-state index is 12.7. The fourth-order valence-electron chi connectivity index (χ4n) is 3.10. The third kappa shape index (κ3) is 4.01. The van der Waals surface area contributed by atoms with Crippen molar-refractivity contribution in [1.82, 2.24) is 9.55 Å². The minimum absolute atomic E-state index is 0.264.